The van der Waals surface area contributed by atoms with Gasteiger partial charge in [0.05, 0.1) is 11.3 Å². The molecule has 106 valence electrons. The second-order valence-electron chi connectivity index (χ2n) is 4.66. The third kappa shape index (κ3) is 2.15. The van der Waals surface area contributed by atoms with Crippen molar-refractivity contribution in [2.75, 3.05) is 0 Å². The normalized spacial score (nSPS) is 13.0. The standard InChI is InChI=1S/C15H10ClNO4/c1-7-11(14(18)19)12(8-2-4-9(16)5-3-8)10-6-21-15(20)13(10)17-7/h2-5H,6H2,1H3,(H,18,19). The molecule has 0 saturated heterocycles. The number of hydrogen-bond donors (Lipinski definition) is 1. The van der Waals surface area contributed by atoms with Gasteiger partial charge in [-0.2, -0.15) is 0 Å². The Morgan fingerprint density at radius 2 is 2.00 bits per heavy atom. The highest BCUT2D eigenvalue weighted by molar-refractivity contribution is 6.30. The molecule has 2 heterocycles. The molecule has 21 heavy (non-hydrogen) atoms. The van der Waals surface area contributed by atoms with Crippen LogP contribution in [0.3, 0.4) is 0 Å². The predicted molar refractivity (Wildman–Crippen MR) is 75.5 cm³/mol. The lowest BCUT2D eigenvalue weighted by molar-refractivity contribution is 0.0530. The molecule has 0 unspecified atom stereocenters. The van der Waals surface area contributed by atoms with Crippen molar-refractivity contribution in [2.24, 2.45) is 0 Å². The van der Waals surface area contributed by atoms with Crippen molar-refractivity contribution in [1.29, 1.82) is 0 Å². The molecule has 0 aliphatic carbocycles. The molecule has 0 radical (unpaired) electrons. The predicted octanol–water partition coefficient (Wildman–Crippen LogP) is 3.08. The van der Waals surface area contributed by atoms with E-state index in [0.29, 0.717) is 21.7 Å². The lowest BCUT2D eigenvalue weighted by Crippen LogP contribution is -2.10. The molecule has 0 atom stereocenters. The average molecular weight is 304 g/mol. The summed E-state index contributed by atoms with van der Waals surface area (Å²) >= 11 is 5.87. The van der Waals surface area contributed by atoms with Gasteiger partial charge in [0, 0.05) is 16.1 Å². The number of benzene rings is 1. The van der Waals surface area contributed by atoms with Crippen molar-refractivity contribution in [3.05, 3.63) is 51.8 Å². The molecular weight excluding hydrogens is 294 g/mol. The Bertz CT molecular complexity index is 768. The number of carboxylic acids is 1. The van der Waals surface area contributed by atoms with Crippen LogP contribution < -0.4 is 0 Å². The van der Waals surface area contributed by atoms with Crippen LogP contribution in [0.25, 0.3) is 11.1 Å². The van der Waals surface area contributed by atoms with Crippen LogP contribution in [0, 0.1) is 6.92 Å². The first-order valence-electron chi connectivity index (χ1n) is 6.19. The number of aryl methyl sites for hydroxylation is 1. The van der Waals surface area contributed by atoms with Crippen LogP contribution in [-0.2, 0) is 11.3 Å². The minimum absolute atomic E-state index is 0.0275. The molecule has 1 aromatic heterocycles. The molecule has 1 N–H and O–H groups in total. The summed E-state index contributed by atoms with van der Waals surface area (Å²) < 4.78 is 4.98. The molecule has 1 aliphatic heterocycles. The number of rotatable bonds is 2. The summed E-state index contributed by atoms with van der Waals surface area (Å²) in [4.78, 5) is 27.3. The number of aromatic nitrogens is 1. The van der Waals surface area contributed by atoms with Crippen LogP contribution in [0.5, 0.6) is 0 Å². The molecule has 0 fully saturated rings. The fourth-order valence-electron chi connectivity index (χ4n) is 2.45. The number of hydrogen-bond acceptors (Lipinski definition) is 4. The topological polar surface area (TPSA) is 76.5 Å². The van der Waals surface area contributed by atoms with E-state index in [1.165, 1.54) is 0 Å². The largest absolute Gasteiger partial charge is 0.478 e. The van der Waals surface area contributed by atoms with Crippen molar-refractivity contribution < 1.29 is 19.4 Å². The zero-order valence-electron chi connectivity index (χ0n) is 11.0. The maximum Gasteiger partial charge on any atom is 0.357 e. The molecule has 0 amide bonds. The number of carbonyl (C=O) groups is 2. The van der Waals surface area contributed by atoms with E-state index in [1.54, 1.807) is 31.2 Å². The van der Waals surface area contributed by atoms with E-state index in [1.807, 2.05) is 0 Å². The molecule has 2 aromatic rings. The third-order valence-corrected chi connectivity index (χ3v) is 3.62. The lowest BCUT2D eigenvalue weighted by atomic mass is 9.93. The van der Waals surface area contributed by atoms with Crippen LogP contribution in [-0.4, -0.2) is 22.0 Å². The number of ether oxygens (including phenoxy) is 1. The molecule has 6 heteroatoms. The summed E-state index contributed by atoms with van der Waals surface area (Å²) in [6.07, 6.45) is 0. The summed E-state index contributed by atoms with van der Waals surface area (Å²) in [6, 6.07) is 6.77. The minimum Gasteiger partial charge on any atom is -0.478 e. The summed E-state index contributed by atoms with van der Waals surface area (Å²) in [5.74, 6) is -1.62. The van der Waals surface area contributed by atoms with E-state index in [9.17, 15) is 14.7 Å². The van der Waals surface area contributed by atoms with Gasteiger partial charge in [0.25, 0.3) is 0 Å². The average Bonchev–Trinajstić information content (AvgIpc) is 2.79. The number of esters is 1. The highest BCUT2D eigenvalue weighted by Crippen LogP contribution is 2.35. The molecule has 0 bridgehead atoms. The number of fused-ring (bicyclic) bond motifs is 1. The van der Waals surface area contributed by atoms with Gasteiger partial charge < -0.3 is 9.84 Å². The lowest BCUT2D eigenvalue weighted by Gasteiger charge is -2.12. The van der Waals surface area contributed by atoms with Gasteiger partial charge in [-0.3, -0.25) is 0 Å². The minimum atomic E-state index is -1.09. The first-order valence-corrected chi connectivity index (χ1v) is 6.56. The smallest absolute Gasteiger partial charge is 0.357 e. The summed E-state index contributed by atoms with van der Waals surface area (Å²) in [5, 5.41) is 10.0. The maximum absolute atomic E-state index is 11.7. The zero-order chi connectivity index (χ0) is 15.1. The first kappa shape index (κ1) is 13.6. The van der Waals surface area contributed by atoms with E-state index in [4.69, 9.17) is 16.3 Å². The molecular formula is C15H10ClNO4. The van der Waals surface area contributed by atoms with Gasteiger partial charge in [0.1, 0.15) is 6.61 Å². The highest BCUT2D eigenvalue weighted by Gasteiger charge is 2.31. The van der Waals surface area contributed by atoms with Crippen molar-refractivity contribution >= 4 is 23.5 Å². The number of aromatic carboxylic acids is 1. The van der Waals surface area contributed by atoms with Crippen LogP contribution in [0.1, 0.15) is 32.1 Å². The van der Waals surface area contributed by atoms with Crippen LogP contribution in [0.4, 0.5) is 0 Å². The molecule has 1 aromatic carbocycles. The van der Waals surface area contributed by atoms with Gasteiger partial charge in [-0.25, -0.2) is 14.6 Å². The van der Waals surface area contributed by atoms with Gasteiger partial charge in [-0.15, -0.1) is 0 Å². The van der Waals surface area contributed by atoms with Crippen molar-refractivity contribution in [3.8, 4) is 11.1 Å². The second-order valence-corrected chi connectivity index (χ2v) is 5.10. The van der Waals surface area contributed by atoms with Gasteiger partial charge in [0.15, 0.2) is 5.69 Å². The SMILES string of the molecule is Cc1nc2c(c(-c3ccc(Cl)cc3)c1C(=O)O)COC2=O. The fraction of sp³-hybridized carbons (Fsp3) is 0.133. The van der Waals surface area contributed by atoms with Crippen molar-refractivity contribution in [2.45, 2.75) is 13.5 Å². The van der Waals surface area contributed by atoms with E-state index in [0.717, 1.165) is 0 Å². The monoisotopic (exact) mass is 303 g/mol. The van der Waals surface area contributed by atoms with Gasteiger partial charge >= 0.3 is 11.9 Å². The Morgan fingerprint density at radius 1 is 1.33 bits per heavy atom. The number of carboxylic acid groups (broad SMARTS) is 1. The Labute approximate surface area is 125 Å². The number of cyclic esters (lactones) is 1. The molecule has 1 aliphatic rings. The Kier molecular flexibility index (Phi) is 3.14. The van der Waals surface area contributed by atoms with E-state index in [-0.39, 0.29) is 23.6 Å². The zero-order valence-corrected chi connectivity index (χ0v) is 11.8. The van der Waals surface area contributed by atoms with Crippen LogP contribution in [0.2, 0.25) is 5.02 Å². The Hall–Kier alpha value is -2.40. The third-order valence-electron chi connectivity index (χ3n) is 3.37. The fourth-order valence-corrected chi connectivity index (χ4v) is 2.58. The molecule has 0 spiro atoms. The number of halogens is 1. The first-order chi connectivity index (χ1) is 9.99. The summed E-state index contributed by atoms with van der Waals surface area (Å²) in [7, 11) is 0. The quantitative estimate of drug-likeness (QED) is 0.863. The van der Waals surface area contributed by atoms with Gasteiger partial charge in [0.2, 0.25) is 0 Å². The molecule has 3 rings (SSSR count). The Balaban J connectivity index is 2.36. The highest BCUT2D eigenvalue weighted by atomic mass is 35.5. The van der Waals surface area contributed by atoms with E-state index in [2.05, 4.69) is 4.98 Å². The summed E-state index contributed by atoms with van der Waals surface area (Å²) in [6.45, 7) is 1.59. The van der Waals surface area contributed by atoms with Crippen LogP contribution >= 0.6 is 11.6 Å². The van der Waals surface area contributed by atoms with Crippen LogP contribution in [0.15, 0.2) is 24.3 Å². The van der Waals surface area contributed by atoms with Gasteiger partial charge in [-0.05, 0) is 24.6 Å². The van der Waals surface area contributed by atoms with E-state index >= 15 is 0 Å². The van der Waals surface area contributed by atoms with Crippen molar-refractivity contribution in [3.63, 3.8) is 0 Å². The van der Waals surface area contributed by atoms with Crippen molar-refractivity contribution in [1.82, 2.24) is 4.98 Å². The number of carbonyl (C=O) groups excluding carboxylic acids is 1. The molecule has 5 nitrogen and oxygen atoms in total. The second kappa shape index (κ2) is 4.86. The summed E-state index contributed by atoms with van der Waals surface area (Å²) in [5.41, 5.74) is 2.18. The number of nitrogens with zero attached hydrogens (tertiary/aromatic N) is 1. The Morgan fingerprint density at radius 3 is 2.62 bits per heavy atom. The van der Waals surface area contributed by atoms with E-state index < -0.39 is 11.9 Å². The molecule has 0 saturated carbocycles. The maximum atomic E-state index is 11.7. The number of pyridine rings is 1. The van der Waals surface area contributed by atoms with Gasteiger partial charge in [-0.1, -0.05) is 23.7 Å².